The number of nitro benzene ring substituents is 2. The fourth-order valence-electron chi connectivity index (χ4n) is 5.57. The van der Waals surface area contributed by atoms with E-state index in [2.05, 4.69) is 5.32 Å². The van der Waals surface area contributed by atoms with E-state index >= 15 is 0 Å². The van der Waals surface area contributed by atoms with E-state index in [1.807, 2.05) is 0 Å². The van der Waals surface area contributed by atoms with Crippen molar-refractivity contribution in [2.45, 2.75) is 55.7 Å². The van der Waals surface area contributed by atoms with Crippen LogP contribution >= 0.6 is 24.8 Å². The Kier molecular flexibility index (Phi) is 19.1. The SMILES string of the molecule is Cl.Cl.Nc1ccc(N2C[C@H](O)C[C@H]2C(=O)O)cc1.O=C(O)[C@@H]1C[C@@H](O)CN1.O=C(O)[C@@H]1C[C@@H](O)CN1c1ccc([N+](=O)[O-])cc1.O=[N+]([O-])c1ccc(F)cc1. The van der Waals surface area contributed by atoms with Gasteiger partial charge in [0.1, 0.15) is 23.9 Å². The molecule has 55 heavy (non-hydrogen) atoms. The number of nitrogens with zero attached hydrogens (tertiary/aromatic N) is 4. The van der Waals surface area contributed by atoms with E-state index < -0.39 is 70.0 Å². The molecule has 0 aromatic heterocycles. The van der Waals surface area contributed by atoms with Gasteiger partial charge < -0.3 is 51.5 Å². The Hall–Kier alpha value is -5.38. The summed E-state index contributed by atoms with van der Waals surface area (Å²) in [7, 11) is 0. The number of halogens is 3. The summed E-state index contributed by atoms with van der Waals surface area (Å²) in [4.78, 5) is 54.9. The molecular weight excluding hydrogens is 778 g/mol. The van der Waals surface area contributed by atoms with Gasteiger partial charge in [-0.1, -0.05) is 0 Å². The molecule has 0 unspecified atom stereocenters. The molecule has 0 bridgehead atoms. The normalized spacial score (nSPS) is 22.1. The molecule has 3 aromatic rings. The summed E-state index contributed by atoms with van der Waals surface area (Å²) in [5, 5.41) is 77.4. The average Bonchev–Trinajstić information content (AvgIpc) is 3.84. The second-order valence-electron chi connectivity index (χ2n) is 12.1. The molecule has 0 aliphatic carbocycles. The zero-order valence-corrected chi connectivity index (χ0v) is 30.4. The van der Waals surface area contributed by atoms with E-state index in [9.17, 15) is 49.2 Å². The van der Waals surface area contributed by atoms with Crippen molar-refractivity contribution in [2.24, 2.45) is 0 Å². The van der Waals surface area contributed by atoms with Gasteiger partial charge in [-0.25, -0.2) is 14.0 Å². The first kappa shape index (κ1) is 47.6. The minimum Gasteiger partial charge on any atom is -0.480 e. The molecule has 19 nitrogen and oxygen atoms in total. The second kappa shape index (κ2) is 22.1. The van der Waals surface area contributed by atoms with Crippen molar-refractivity contribution in [3.63, 3.8) is 0 Å². The molecule has 302 valence electrons. The molecule has 3 fully saturated rings. The second-order valence-corrected chi connectivity index (χ2v) is 12.1. The number of aliphatic hydroxyl groups is 3. The van der Waals surface area contributed by atoms with Crippen molar-refractivity contribution in [1.29, 1.82) is 0 Å². The van der Waals surface area contributed by atoms with Crippen LogP contribution in [0.5, 0.6) is 0 Å². The first-order chi connectivity index (χ1) is 25.0. The molecule has 3 heterocycles. The van der Waals surface area contributed by atoms with Crippen LogP contribution in [0.3, 0.4) is 0 Å². The monoisotopic (exact) mass is 818 g/mol. The quantitative estimate of drug-likeness (QED) is 0.0963. The van der Waals surface area contributed by atoms with Crippen LogP contribution in [0.1, 0.15) is 19.3 Å². The maximum absolute atomic E-state index is 12.1. The number of aliphatic hydroxyl groups excluding tert-OH is 3. The molecule has 6 rings (SSSR count). The number of nitrogens with one attached hydrogen (secondary N) is 1. The third-order valence-electron chi connectivity index (χ3n) is 8.19. The summed E-state index contributed by atoms with van der Waals surface area (Å²) in [5.41, 5.74) is 7.39. The Morgan fingerprint density at radius 3 is 1.35 bits per heavy atom. The summed E-state index contributed by atoms with van der Waals surface area (Å²) in [6.07, 6.45) is -1.01. The lowest BCUT2D eigenvalue weighted by molar-refractivity contribution is -0.385. The number of nitrogens with two attached hydrogens (primary N) is 1. The fraction of sp³-hybridized carbons (Fsp3) is 0.364. The van der Waals surface area contributed by atoms with Gasteiger partial charge in [-0.3, -0.25) is 25.0 Å². The van der Waals surface area contributed by atoms with Crippen LogP contribution in [0.15, 0.2) is 72.8 Å². The minimum absolute atomic E-state index is 0. The van der Waals surface area contributed by atoms with Gasteiger partial charge in [0, 0.05) is 80.2 Å². The third-order valence-corrected chi connectivity index (χ3v) is 8.19. The molecule has 3 aliphatic heterocycles. The molecule has 9 N–H and O–H groups in total. The van der Waals surface area contributed by atoms with Gasteiger partial charge in [0.25, 0.3) is 11.4 Å². The Morgan fingerprint density at radius 2 is 1.04 bits per heavy atom. The predicted octanol–water partition coefficient (Wildman–Crippen LogP) is 2.28. The van der Waals surface area contributed by atoms with Crippen LogP contribution in [0.4, 0.5) is 32.8 Å². The Morgan fingerprint density at radius 1 is 0.655 bits per heavy atom. The molecule has 0 spiro atoms. The van der Waals surface area contributed by atoms with Crippen molar-refractivity contribution in [1.82, 2.24) is 5.32 Å². The number of non-ortho nitro benzene ring substituents is 2. The zero-order chi connectivity index (χ0) is 39.4. The first-order valence-electron chi connectivity index (χ1n) is 16.0. The van der Waals surface area contributed by atoms with Gasteiger partial charge in [-0.2, -0.15) is 0 Å². The number of hydrogen-bond donors (Lipinski definition) is 8. The van der Waals surface area contributed by atoms with E-state index in [1.165, 1.54) is 29.2 Å². The smallest absolute Gasteiger partial charge is 0.326 e. The summed E-state index contributed by atoms with van der Waals surface area (Å²) in [5.74, 6) is -3.27. The first-order valence-corrected chi connectivity index (χ1v) is 16.0. The highest BCUT2D eigenvalue weighted by atomic mass is 35.5. The van der Waals surface area contributed by atoms with Gasteiger partial charge in [0.2, 0.25) is 0 Å². The maximum Gasteiger partial charge on any atom is 0.326 e. The van der Waals surface area contributed by atoms with Crippen molar-refractivity contribution in [2.75, 3.05) is 35.2 Å². The van der Waals surface area contributed by atoms with Crippen LogP contribution in [-0.4, -0.2) is 114 Å². The molecule has 3 saturated heterocycles. The lowest BCUT2D eigenvalue weighted by atomic mass is 10.2. The molecule has 0 radical (unpaired) electrons. The molecule has 6 atom stereocenters. The van der Waals surface area contributed by atoms with Crippen LogP contribution in [0, 0.1) is 26.0 Å². The van der Waals surface area contributed by atoms with Gasteiger partial charge in [0.15, 0.2) is 0 Å². The largest absolute Gasteiger partial charge is 0.480 e. The number of nitro groups is 2. The van der Waals surface area contributed by atoms with E-state index in [-0.39, 0.29) is 55.6 Å². The molecule has 3 aliphatic rings. The summed E-state index contributed by atoms with van der Waals surface area (Å²) in [6.45, 7) is 0.965. The summed E-state index contributed by atoms with van der Waals surface area (Å²) in [6, 6.07) is 15.0. The summed E-state index contributed by atoms with van der Waals surface area (Å²) < 4.78 is 12.1. The lowest BCUT2D eigenvalue weighted by Gasteiger charge is -2.23. The Bertz CT molecular complexity index is 1730. The zero-order valence-electron chi connectivity index (χ0n) is 28.7. The maximum atomic E-state index is 12.1. The Balaban J connectivity index is 0.000000376. The van der Waals surface area contributed by atoms with Crippen LogP contribution in [-0.2, 0) is 14.4 Å². The average molecular weight is 820 g/mol. The minimum atomic E-state index is -1.01. The van der Waals surface area contributed by atoms with Crippen molar-refractivity contribution >= 4 is 71.2 Å². The standard InChI is InChI=1S/C11H12N2O5.C11H14N2O3.C6H4FNO2.C5H9NO3.2ClH/c14-9-5-10(11(15)16)12(6-9)7-1-3-8(4-2-7)13(17)18;12-7-1-3-8(4-2-7)13-6-9(14)5-10(13)11(15)16;7-5-1-3-6(4-2-5)8(9)10;7-3-1-4(5(8)9)6-2-3;;/h1-4,9-10,14H,5-6H2,(H,15,16);1-4,9-10,14H,5-6,12H2,(H,15,16);1-4H;3-4,6-7H,1-2H2,(H,8,9);2*1H/t2*9-,10+;;3-,4+;;/m11.1../s1. The molecular formula is C33H41Cl2FN6O13. The van der Waals surface area contributed by atoms with Gasteiger partial charge in [-0.05, 0) is 48.5 Å². The fourth-order valence-corrected chi connectivity index (χ4v) is 5.57. The highest BCUT2D eigenvalue weighted by Crippen LogP contribution is 2.28. The van der Waals surface area contributed by atoms with E-state index in [4.69, 9.17) is 26.2 Å². The highest BCUT2D eigenvalue weighted by Gasteiger charge is 2.37. The van der Waals surface area contributed by atoms with Crippen LogP contribution < -0.4 is 20.9 Å². The van der Waals surface area contributed by atoms with Crippen molar-refractivity contribution in [3.05, 3.63) is 98.8 Å². The molecule has 22 heteroatoms. The van der Waals surface area contributed by atoms with E-state index in [1.54, 1.807) is 29.2 Å². The number of rotatable bonds is 7. The van der Waals surface area contributed by atoms with Crippen molar-refractivity contribution < 1.29 is 59.3 Å². The lowest BCUT2D eigenvalue weighted by Crippen LogP contribution is -2.35. The number of benzene rings is 3. The van der Waals surface area contributed by atoms with Crippen LogP contribution in [0.2, 0.25) is 0 Å². The number of β-amino-alcohol motifs (C(OH)–C–C–N with tert-alkyl or cyclic N) is 3. The third kappa shape index (κ3) is 14.4. The van der Waals surface area contributed by atoms with Crippen molar-refractivity contribution in [3.8, 4) is 0 Å². The number of carbonyl (C=O) groups is 3. The number of aliphatic carboxylic acids is 3. The summed E-state index contributed by atoms with van der Waals surface area (Å²) >= 11 is 0. The number of hydrogen-bond acceptors (Lipinski definition) is 14. The highest BCUT2D eigenvalue weighted by molar-refractivity contribution is 5.85. The molecule has 0 amide bonds. The van der Waals surface area contributed by atoms with Gasteiger partial charge in [0.05, 0.1) is 28.2 Å². The predicted molar refractivity (Wildman–Crippen MR) is 200 cm³/mol. The number of nitrogen functional groups attached to an aromatic ring is 1. The van der Waals surface area contributed by atoms with Gasteiger partial charge >= 0.3 is 17.9 Å². The number of carboxylic acid groups (broad SMARTS) is 3. The van der Waals surface area contributed by atoms with Crippen LogP contribution in [0.25, 0.3) is 0 Å². The van der Waals surface area contributed by atoms with Gasteiger partial charge in [-0.15, -0.1) is 24.8 Å². The van der Waals surface area contributed by atoms with E-state index in [0.717, 1.165) is 30.0 Å². The molecule has 0 saturated carbocycles. The molecule has 3 aromatic carbocycles. The Labute approximate surface area is 324 Å². The number of anilines is 3. The number of carboxylic acids is 3. The van der Waals surface area contributed by atoms with E-state index in [0.29, 0.717) is 30.9 Å². The topological polar surface area (TPSA) is 303 Å².